The van der Waals surface area contributed by atoms with Crippen LogP contribution in [0.2, 0.25) is 0 Å². The van der Waals surface area contributed by atoms with E-state index in [4.69, 9.17) is 14.6 Å². The molecule has 0 spiro atoms. The molecule has 0 radical (unpaired) electrons. The molecule has 2 N–H and O–H groups in total. The van der Waals surface area contributed by atoms with Crippen LogP contribution in [0.1, 0.15) is 33.1 Å². The number of benzene rings is 2. The maximum Gasteiger partial charge on any atom is 0.295 e. The molecule has 0 saturated carbocycles. The van der Waals surface area contributed by atoms with Gasteiger partial charge in [0.1, 0.15) is 6.04 Å². The molecule has 1 atom stereocenters. The first kappa shape index (κ1) is 21.7. The van der Waals surface area contributed by atoms with Gasteiger partial charge in [0, 0.05) is 24.7 Å². The Morgan fingerprint density at radius 3 is 2.33 bits per heavy atom. The first-order valence-corrected chi connectivity index (χ1v) is 10.0. The highest BCUT2D eigenvalue weighted by Gasteiger charge is 2.31. The van der Waals surface area contributed by atoms with E-state index in [2.05, 4.69) is 10.2 Å². The second-order valence-corrected chi connectivity index (χ2v) is 8.11. The van der Waals surface area contributed by atoms with Gasteiger partial charge in [0.2, 0.25) is 0 Å². The normalized spacial score (nSPS) is 16.0. The number of halogens is 2. The molecule has 160 valence electrons. The molecule has 12 heteroatoms. The summed E-state index contributed by atoms with van der Waals surface area (Å²) in [4.78, 5) is 12.2. The van der Waals surface area contributed by atoms with Crippen molar-refractivity contribution in [2.45, 2.75) is 12.6 Å². The van der Waals surface area contributed by atoms with Gasteiger partial charge in [0.25, 0.3) is 16.1 Å². The van der Waals surface area contributed by atoms with E-state index < -0.39 is 40.3 Å². The Morgan fingerprint density at radius 1 is 1.10 bits per heavy atom. The van der Waals surface area contributed by atoms with Gasteiger partial charge in [-0.25, -0.2) is 13.9 Å². The average Bonchev–Trinajstić information content (AvgIpc) is 2.70. The second-order valence-electron chi connectivity index (χ2n) is 6.46. The summed E-state index contributed by atoms with van der Waals surface area (Å²) in [5, 5.41) is 12.3. The zero-order valence-corrected chi connectivity index (χ0v) is 17.0. The van der Waals surface area contributed by atoms with E-state index in [9.17, 15) is 22.0 Å². The van der Waals surface area contributed by atoms with Crippen LogP contribution in [0.3, 0.4) is 0 Å². The molecule has 1 heterocycles. The van der Waals surface area contributed by atoms with Crippen LogP contribution in [0.5, 0.6) is 11.5 Å². The highest BCUT2D eigenvalue weighted by Crippen LogP contribution is 2.40. The number of nitrogens with zero attached hydrogens (tertiary/aromatic N) is 3. The Kier molecular flexibility index (Phi) is 5.83. The fourth-order valence-corrected chi connectivity index (χ4v) is 3.35. The molecule has 3 rings (SSSR count). The molecular weight excluding hydrogens is 422 g/mol. The summed E-state index contributed by atoms with van der Waals surface area (Å²) in [6.07, 6.45) is 0. The number of rotatable bonds is 6. The van der Waals surface area contributed by atoms with Crippen molar-refractivity contribution in [3.8, 4) is 11.5 Å². The summed E-state index contributed by atoms with van der Waals surface area (Å²) in [7, 11) is -0.155. The molecule has 30 heavy (non-hydrogen) atoms. The lowest BCUT2D eigenvalue weighted by molar-refractivity contribution is 0.0985. The fourth-order valence-electron chi connectivity index (χ4n) is 3.03. The highest BCUT2D eigenvalue weighted by atomic mass is 32.2. The minimum atomic E-state index is -4.07. The molecule has 0 aliphatic carbocycles. The van der Waals surface area contributed by atoms with Crippen LogP contribution < -0.4 is 14.6 Å². The van der Waals surface area contributed by atoms with Crippen LogP contribution in [0.15, 0.2) is 34.5 Å². The maximum absolute atomic E-state index is 14.9. The van der Waals surface area contributed by atoms with Gasteiger partial charge in [-0.3, -0.25) is 4.79 Å². The van der Waals surface area contributed by atoms with Gasteiger partial charge < -0.3 is 9.47 Å². The summed E-state index contributed by atoms with van der Waals surface area (Å²) in [6.45, 7) is -0.464. The van der Waals surface area contributed by atoms with Crippen molar-refractivity contribution in [3.63, 3.8) is 0 Å². The quantitative estimate of drug-likeness (QED) is 0.738. The summed E-state index contributed by atoms with van der Waals surface area (Å²) < 4.78 is 63.3. The Morgan fingerprint density at radius 2 is 1.73 bits per heavy atom. The van der Waals surface area contributed by atoms with Crippen molar-refractivity contribution < 1.29 is 31.5 Å². The summed E-state index contributed by atoms with van der Waals surface area (Å²) in [5.41, 5.74) is -0.0192. The van der Waals surface area contributed by atoms with Crippen LogP contribution in [0, 0.1) is 11.6 Å². The van der Waals surface area contributed by atoms with E-state index in [0.29, 0.717) is 4.31 Å². The van der Waals surface area contributed by atoms with Crippen molar-refractivity contribution in [3.05, 3.63) is 58.2 Å². The van der Waals surface area contributed by atoms with Crippen LogP contribution >= 0.6 is 0 Å². The lowest BCUT2D eigenvalue weighted by atomic mass is 9.92. The number of amides is 1. The second kappa shape index (κ2) is 8.05. The molecule has 2 aromatic carbocycles. The highest BCUT2D eigenvalue weighted by molar-refractivity contribution is 7.86. The lowest BCUT2D eigenvalue weighted by Gasteiger charge is -2.22. The lowest BCUT2D eigenvalue weighted by Crippen LogP contribution is -2.33. The van der Waals surface area contributed by atoms with E-state index in [1.54, 1.807) is 0 Å². The zero-order valence-electron chi connectivity index (χ0n) is 16.2. The zero-order chi connectivity index (χ0) is 22.2. The molecule has 0 aromatic heterocycles. The summed E-state index contributed by atoms with van der Waals surface area (Å²) in [5.74, 6) is -2.60. The van der Waals surface area contributed by atoms with Crippen LogP contribution in [-0.2, 0) is 16.8 Å². The average molecular weight is 440 g/mol. The molecule has 9 nitrogen and oxygen atoms in total. The van der Waals surface area contributed by atoms with Crippen molar-refractivity contribution in [2.75, 3.05) is 21.3 Å². The third-order valence-corrected chi connectivity index (χ3v) is 5.66. The predicted molar refractivity (Wildman–Crippen MR) is 102 cm³/mol. The first-order valence-electron chi connectivity index (χ1n) is 8.50. The molecule has 0 saturated heterocycles. The van der Waals surface area contributed by atoms with Gasteiger partial charge in [0.15, 0.2) is 23.1 Å². The van der Waals surface area contributed by atoms with Gasteiger partial charge in [-0.2, -0.15) is 17.8 Å². The van der Waals surface area contributed by atoms with Gasteiger partial charge >= 0.3 is 0 Å². The molecule has 0 bridgehead atoms. The Bertz CT molecular complexity index is 1150. The summed E-state index contributed by atoms with van der Waals surface area (Å²) in [6, 6.07) is 4.21. The molecule has 1 aliphatic rings. The van der Waals surface area contributed by atoms with Crippen LogP contribution in [0.4, 0.5) is 8.78 Å². The minimum absolute atomic E-state index is 0.116. The van der Waals surface area contributed by atoms with Crippen molar-refractivity contribution >= 4 is 16.1 Å². The number of ether oxygens (including phenoxy) is 2. The topological polar surface area (TPSA) is 124 Å². The molecule has 1 unspecified atom stereocenters. The standard InChI is InChI=1S/C18H18F2N4O5S/c1-24(30(21,26)27)8-9-4-5-10(16(20)15(9)19)17-11-6-13(28-2)14(29-3)7-12(11)18(25)23-22-17/h4-7,17H,8H2,1-3H3,(H2,21,26,27). The Hall–Kier alpha value is -2.96. The maximum atomic E-state index is 14.9. The van der Waals surface area contributed by atoms with Crippen molar-refractivity contribution in [2.24, 2.45) is 15.4 Å². The fraction of sp³-hybridized carbons (Fsp3) is 0.278. The van der Waals surface area contributed by atoms with Crippen molar-refractivity contribution in [1.82, 2.24) is 4.31 Å². The Balaban J connectivity index is 2.08. The molecule has 2 aromatic rings. The number of hydrogen-bond donors (Lipinski definition) is 1. The Labute approximate surface area is 171 Å². The number of carbonyl (C=O) groups excluding carboxylic acids is 1. The van der Waals surface area contributed by atoms with Crippen LogP contribution in [-0.4, -0.2) is 39.9 Å². The van der Waals surface area contributed by atoms with Gasteiger partial charge in [-0.15, -0.1) is 5.11 Å². The monoisotopic (exact) mass is 440 g/mol. The SMILES string of the molecule is COc1cc2c(cc1OC)C(c1ccc(CN(C)S(N)(=O)=O)c(F)c1F)N=NC2=O. The smallest absolute Gasteiger partial charge is 0.295 e. The number of hydrogen-bond acceptors (Lipinski definition) is 6. The number of fused-ring (bicyclic) bond motifs is 1. The van der Waals surface area contributed by atoms with Gasteiger partial charge in [-0.05, 0) is 17.7 Å². The molecule has 1 amide bonds. The number of azo groups is 1. The van der Waals surface area contributed by atoms with Crippen LogP contribution in [0.25, 0.3) is 0 Å². The largest absolute Gasteiger partial charge is 0.493 e. The summed E-state index contributed by atoms with van der Waals surface area (Å²) >= 11 is 0. The molecule has 0 fully saturated rings. The third kappa shape index (κ3) is 3.88. The van der Waals surface area contributed by atoms with E-state index in [0.717, 1.165) is 7.05 Å². The van der Waals surface area contributed by atoms with Gasteiger partial charge in [-0.1, -0.05) is 12.1 Å². The minimum Gasteiger partial charge on any atom is -0.493 e. The number of carbonyl (C=O) groups is 1. The molecule has 1 aliphatic heterocycles. The van der Waals surface area contributed by atoms with E-state index in [1.165, 1.54) is 38.5 Å². The van der Waals surface area contributed by atoms with Crippen molar-refractivity contribution in [1.29, 1.82) is 0 Å². The van der Waals surface area contributed by atoms with E-state index in [1.807, 2.05) is 0 Å². The van der Waals surface area contributed by atoms with E-state index in [-0.39, 0.29) is 33.8 Å². The van der Waals surface area contributed by atoms with Gasteiger partial charge in [0.05, 0.1) is 19.8 Å². The predicted octanol–water partition coefficient (Wildman–Crippen LogP) is 2.31. The first-order chi connectivity index (χ1) is 14.1. The number of nitrogens with two attached hydrogens (primary N) is 1. The number of methoxy groups -OCH3 is 2. The third-order valence-electron chi connectivity index (χ3n) is 4.66. The van der Waals surface area contributed by atoms with E-state index >= 15 is 0 Å². The molecular formula is C18H18F2N4O5S.